The van der Waals surface area contributed by atoms with E-state index in [0.29, 0.717) is 29.1 Å². The van der Waals surface area contributed by atoms with Gasteiger partial charge < -0.3 is 19.2 Å². The van der Waals surface area contributed by atoms with Crippen LogP contribution in [0.3, 0.4) is 0 Å². The van der Waals surface area contributed by atoms with Gasteiger partial charge in [0.15, 0.2) is 17.3 Å². The Hall–Kier alpha value is -2.84. The van der Waals surface area contributed by atoms with Crippen LogP contribution in [0.15, 0.2) is 18.2 Å². The summed E-state index contributed by atoms with van der Waals surface area (Å²) >= 11 is 0. The van der Waals surface area contributed by atoms with Gasteiger partial charge in [-0.3, -0.25) is 14.6 Å². The minimum Gasteiger partial charge on any atom is -0.493 e. The number of esters is 1. The van der Waals surface area contributed by atoms with Gasteiger partial charge in [-0.2, -0.15) is 0 Å². The summed E-state index contributed by atoms with van der Waals surface area (Å²) in [6.45, 7) is 8.07. The Morgan fingerprint density at radius 3 is 2.23 bits per heavy atom. The van der Waals surface area contributed by atoms with Crippen LogP contribution in [0.1, 0.15) is 37.7 Å². The van der Waals surface area contributed by atoms with Gasteiger partial charge in [-0.15, -0.1) is 0 Å². The highest BCUT2D eigenvalue weighted by molar-refractivity contribution is 6.02. The largest absolute Gasteiger partial charge is 0.493 e. The number of ketones is 1. The summed E-state index contributed by atoms with van der Waals surface area (Å²) in [5.74, 6) is 1.02. The fraction of sp³-hybridized carbons (Fsp3) is 0.478. The zero-order chi connectivity index (χ0) is 22.5. The number of ether oxygens (including phenoxy) is 3. The number of rotatable bonds is 8. The lowest BCUT2D eigenvalue weighted by atomic mass is 10.1. The molecule has 168 valence electrons. The highest BCUT2D eigenvalue weighted by atomic mass is 16.5. The van der Waals surface area contributed by atoms with Gasteiger partial charge in [0.25, 0.3) is 0 Å². The summed E-state index contributed by atoms with van der Waals surface area (Å²) < 4.78 is 15.5. The van der Waals surface area contributed by atoms with Crippen molar-refractivity contribution in [3.63, 3.8) is 0 Å². The number of aromatic nitrogens is 1. The molecule has 8 heteroatoms. The Labute approximate surface area is 183 Å². The number of Topliss-reactive ketones (excluding diaryl/α,β-unsaturated/α-hetero) is 1. The number of aromatic amines is 1. The molecule has 1 aliphatic rings. The molecule has 0 unspecified atom stereocenters. The smallest absolute Gasteiger partial charge is 0.339 e. The lowest BCUT2D eigenvalue weighted by molar-refractivity contribution is 0.0599. The van der Waals surface area contributed by atoms with Crippen molar-refractivity contribution in [2.45, 2.75) is 20.4 Å². The molecule has 1 aromatic carbocycles. The molecule has 0 amide bonds. The minimum atomic E-state index is -0.422. The fourth-order valence-electron chi connectivity index (χ4n) is 4.06. The molecule has 31 heavy (non-hydrogen) atoms. The van der Waals surface area contributed by atoms with Gasteiger partial charge in [-0.05, 0) is 37.1 Å². The number of benzene rings is 1. The predicted molar refractivity (Wildman–Crippen MR) is 117 cm³/mol. The predicted octanol–water partition coefficient (Wildman–Crippen LogP) is 2.44. The number of H-pyrrole nitrogens is 1. The first-order chi connectivity index (χ1) is 14.9. The van der Waals surface area contributed by atoms with Gasteiger partial charge in [0.1, 0.15) is 0 Å². The third-order valence-corrected chi connectivity index (χ3v) is 5.79. The molecule has 1 fully saturated rings. The Morgan fingerprint density at radius 1 is 0.968 bits per heavy atom. The molecule has 1 aromatic heterocycles. The van der Waals surface area contributed by atoms with Crippen LogP contribution in [0.2, 0.25) is 0 Å². The molecule has 0 spiro atoms. The fourth-order valence-corrected chi connectivity index (χ4v) is 4.06. The van der Waals surface area contributed by atoms with E-state index in [1.807, 2.05) is 18.2 Å². The topological polar surface area (TPSA) is 84.1 Å². The molecule has 0 saturated carbocycles. The van der Waals surface area contributed by atoms with Gasteiger partial charge in [0.05, 0.1) is 39.1 Å². The molecular formula is C23H31N3O5. The van der Waals surface area contributed by atoms with E-state index in [2.05, 4.69) is 14.8 Å². The first-order valence-corrected chi connectivity index (χ1v) is 10.3. The summed E-state index contributed by atoms with van der Waals surface area (Å²) in [5, 5.41) is 0. The van der Waals surface area contributed by atoms with Crippen molar-refractivity contribution >= 4 is 11.8 Å². The van der Waals surface area contributed by atoms with Crippen LogP contribution in [0.25, 0.3) is 0 Å². The second kappa shape index (κ2) is 9.98. The number of methoxy groups -OCH3 is 3. The number of nitrogens with one attached hydrogen (secondary N) is 1. The Kier molecular flexibility index (Phi) is 7.35. The maximum Gasteiger partial charge on any atom is 0.339 e. The highest BCUT2D eigenvalue weighted by Crippen LogP contribution is 2.28. The maximum atomic E-state index is 12.8. The summed E-state index contributed by atoms with van der Waals surface area (Å²) in [5.41, 5.74) is 3.42. The summed E-state index contributed by atoms with van der Waals surface area (Å²) in [4.78, 5) is 32.4. The number of piperazine rings is 1. The van der Waals surface area contributed by atoms with Gasteiger partial charge in [0, 0.05) is 38.4 Å². The molecule has 0 aliphatic carbocycles. The molecule has 3 rings (SSSR count). The van der Waals surface area contributed by atoms with Crippen LogP contribution in [-0.4, -0.2) is 80.6 Å². The SMILES string of the molecule is COC(=O)c1c(C)[nH]c(C(=O)CN2CCN(Cc3ccc(OC)c(OC)c3)CC2)c1C. The maximum absolute atomic E-state index is 12.8. The molecule has 1 aliphatic heterocycles. The Bertz CT molecular complexity index is 945. The molecule has 2 heterocycles. The van der Waals surface area contributed by atoms with Crippen LogP contribution in [0.5, 0.6) is 11.5 Å². The molecule has 0 radical (unpaired) electrons. The molecule has 1 saturated heterocycles. The van der Waals surface area contributed by atoms with E-state index < -0.39 is 5.97 Å². The molecule has 0 atom stereocenters. The monoisotopic (exact) mass is 429 g/mol. The third-order valence-electron chi connectivity index (χ3n) is 5.79. The molecule has 8 nitrogen and oxygen atoms in total. The van der Waals surface area contributed by atoms with Crippen LogP contribution < -0.4 is 9.47 Å². The normalized spacial score (nSPS) is 15.0. The summed E-state index contributed by atoms with van der Waals surface area (Å²) in [7, 11) is 4.61. The van der Waals surface area contributed by atoms with Crippen molar-refractivity contribution < 1.29 is 23.8 Å². The van der Waals surface area contributed by atoms with Crippen molar-refractivity contribution in [1.82, 2.24) is 14.8 Å². The van der Waals surface area contributed by atoms with Crippen LogP contribution in [0, 0.1) is 13.8 Å². The Morgan fingerprint density at radius 2 is 1.61 bits per heavy atom. The van der Waals surface area contributed by atoms with Gasteiger partial charge in [-0.1, -0.05) is 6.07 Å². The van der Waals surface area contributed by atoms with E-state index in [1.54, 1.807) is 28.1 Å². The average molecular weight is 430 g/mol. The van der Waals surface area contributed by atoms with Crippen LogP contribution in [-0.2, 0) is 11.3 Å². The van der Waals surface area contributed by atoms with Gasteiger partial charge in [0.2, 0.25) is 0 Å². The van der Waals surface area contributed by atoms with E-state index in [4.69, 9.17) is 14.2 Å². The second-order valence-corrected chi connectivity index (χ2v) is 7.78. The van der Waals surface area contributed by atoms with E-state index in [1.165, 1.54) is 7.11 Å². The first kappa shape index (κ1) is 22.8. The van der Waals surface area contributed by atoms with Crippen molar-refractivity contribution in [2.24, 2.45) is 0 Å². The van der Waals surface area contributed by atoms with E-state index in [9.17, 15) is 9.59 Å². The van der Waals surface area contributed by atoms with E-state index in [-0.39, 0.29) is 5.78 Å². The lowest BCUT2D eigenvalue weighted by Gasteiger charge is -2.34. The summed E-state index contributed by atoms with van der Waals surface area (Å²) in [6, 6.07) is 5.98. The zero-order valence-corrected chi connectivity index (χ0v) is 18.9. The van der Waals surface area contributed by atoms with E-state index in [0.717, 1.165) is 49.8 Å². The Balaban J connectivity index is 1.56. The number of nitrogens with zero attached hydrogens (tertiary/aromatic N) is 2. The first-order valence-electron chi connectivity index (χ1n) is 10.3. The number of aryl methyl sites for hydroxylation is 1. The minimum absolute atomic E-state index is 0.0101. The van der Waals surface area contributed by atoms with Crippen molar-refractivity contribution in [3.8, 4) is 11.5 Å². The zero-order valence-electron chi connectivity index (χ0n) is 18.9. The van der Waals surface area contributed by atoms with Crippen molar-refractivity contribution in [1.29, 1.82) is 0 Å². The lowest BCUT2D eigenvalue weighted by Crippen LogP contribution is -2.47. The number of carbonyl (C=O) groups is 2. The molecule has 2 aromatic rings. The van der Waals surface area contributed by atoms with Crippen molar-refractivity contribution in [2.75, 3.05) is 54.1 Å². The quantitative estimate of drug-likeness (QED) is 0.510. The number of hydrogen-bond donors (Lipinski definition) is 1. The number of hydrogen-bond acceptors (Lipinski definition) is 7. The average Bonchev–Trinajstić information content (AvgIpc) is 3.08. The van der Waals surface area contributed by atoms with E-state index >= 15 is 0 Å². The van der Waals surface area contributed by atoms with Crippen molar-refractivity contribution in [3.05, 3.63) is 46.3 Å². The van der Waals surface area contributed by atoms with Gasteiger partial charge in [-0.25, -0.2) is 4.79 Å². The number of carbonyl (C=O) groups excluding carboxylic acids is 2. The second-order valence-electron chi connectivity index (χ2n) is 7.78. The third kappa shape index (κ3) is 5.08. The standard InChI is InChI=1S/C23H31N3O5/c1-15-21(23(28)31-5)16(2)24-22(15)18(27)14-26-10-8-25(9-11-26)13-17-6-7-19(29-3)20(12-17)30-4/h6-7,12,24H,8-11,13-14H2,1-5H3. The molecule has 0 bridgehead atoms. The van der Waals surface area contributed by atoms with Crippen LogP contribution in [0.4, 0.5) is 0 Å². The highest BCUT2D eigenvalue weighted by Gasteiger charge is 2.25. The summed E-state index contributed by atoms with van der Waals surface area (Å²) in [6.07, 6.45) is 0. The molecule has 1 N–H and O–H groups in total. The molecular weight excluding hydrogens is 398 g/mol. The van der Waals surface area contributed by atoms with Gasteiger partial charge >= 0.3 is 5.97 Å². The van der Waals surface area contributed by atoms with Crippen LogP contribution >= 0.6 is 0 Å².